The number of benzene rings is 3. The van der Waals surface area contributed by atoms with E-state index >= 15 is 0 Å². The molecule has 0 saturated carbocycles. The number of rotatable bonds is 6. The molecule has 6 nitrogen and oxygen atoms in total. The van der Waals surface area contributed by atoms with Crippen LogP contribution in [0.4, 0.5) is 11.4 Å². The third kappa shape index (κ3) is 5.77. The second-order valence-electron chi connectivity index (χ2n) is 6.33. The largest absolute Gasteiger partial charge is 0.452 e. The number of anilines is 2. The molecule has 0 atom stereocenters. The van der Waals surface area contributed by atoms with Gasteiger partial charge in [0.25, 0.3) is 5.91 Å². The maximum absolute atomic E-state index is 12.0. The first-order valence-electron chi connectivity index (χ1n) is 9.01. The Morgan fingerprint density at radius 3 is 1.90 bits per heavy atom. The minimum Gasteiger partial charge on any atom is -0.452 e. The summed E-state index contributed by atoms with van der Waals surface area (Å²) in [5.41, 5.74) is 3.61. The predicted molar refractivity (Wildman–Crippen MR) is 112 cm³/mol. The van der Waals surface area contributed by atoms with E-state index < -0.39 is 18.5 Å². The van der Waals surface area contributed by atoms with Gasteiger partial charge in [-0.05, 0) is 47.5 Å². The van der Waals surface area contributed by atoms with Crippen molar-refractivity contribution in [1.29, 1.82) is 0 Å². The van der Waals surface area contributed by atoms with Gasteiger partial charge in [-0.25, -0.2) is 4.79 Å². The van der Waals surface area contributed by atoms with Crippen molar-refractivity contribution in [3.05, 3.63) is 84.4 Å². The minimum atomic E-state index is -0.617. The molecule has 0 spiro atoms. The van der Waals surface area contributed by atoms with Gasteiger partial charge in [-0.3, -0.25) is 9.59 Å². The second kappa shape index (κ2) is 9.32. The molecular weight excluding hydrogens is 368 g/mol. The summed E-state index contributed by atoms with van der Waals surface area (Å²) in [7, 11) is 0. The monoisotopic (exact) mass is 388 g/mol. The fourth-order valence-electron chi connectivity index (χ4n) is 2.68. The molecular formula is C23H20N2O4. The van der Waals surface area contributed by atoms with Crippen LogP contribution in [0.25, 0.3) is 11.1 Å². The topological polar surface area (TPSA) is 84.5 Å². The maximum atomic E-state index is 12.0. The Balaban J connectivity index is 1.50. The summed E-state index contributed by atoms with van der Waals surface area (Å²) >= 11 is 0. The third-order valence-electron chi connectivity index (χ3n) is 4.05. The first kappa shape index (κ1) is 19.8. The van der Waals surface area contributed by atoms with Gasteiger partial charge in [0.05, 0.1) is 5.56 Å². The van der Waals surface area contributed by atoms with Crippen molar-refractivity contribution in [2.75, 3.05) is 17.2 Å². The first-order valence-corrected chi connectivity index (χ1v) is 9.01. The van der Waals surface area contributed by atoms with Crippen LogP contribution >= 0.6 is 0 Å². The Morgan fingerprint density at radius 1 is 0.724 bits per heavy atom. The van der Waals surface area contributed by atoms with Gasteiger partial charge in [0.1, 0.15) is 0 Å². The molecule has 6 heteroatoms. The Labute approximate surface area is 168 Å². The standard InChI is InChI=1S/C23H20N2O4/c1-16(26)24-20-13-9-19(10-14-20)23(28)29-15-22(27)25-21-11-7-18(8-12-21)17-5-3-2-4-6-17/h2-14H,15H2,1H3,(H,24,26)(H,25,27). The zero-order valence-electron chi connectivity index (χ0n) is 15.8. The summed E-state index contributed by atoms with van der Waals surface area (Å²) < 4.78 is 5.04. The number of ether oxygens (including phenoxy) is 1. The summed E-state index contributed by atoms with van der Waals surface area (Å²) in [5, 5.41) is 5.30. The van der Waals surface area contributed by atoms with Gasteiger partial charge in [0.15, 0.2) is 6.61 Å². The van der Waals surface area contributed by atoms with Crippen molar-refractivity contribution in [3.8, 4) is 11.1 Å². The third-order valence-corrected chi connectivity index (χ3v) is 4.05. The smallest absolute Gasteiger partial charge is 0.338 e. The molecule has 3 aromatic rings. The highest BCUT2D eigenvalue weighted by Gasteiger charge is 2.11. The van der Waals surface area contributed by atoms with Crippen LogP contribution in [0.15, 0.2) is 78.9 Å². The molecule has 0 aliphatic rings. The van der Waals surface area contributed by atoms with Gasteiger partial charge in [0, 0.05) is 18.3 Å². The van der Waals surface area contributed by atoms with Crippen LogP contribution in [-0.4, -0.2) is 24.4 Å². The summed E-state index contributed by atoms with van der Waals surface area (Å²) in [4.78, 5) is 35.1. The van der Waals surface area contributed by atoms with E-state index in [1.165, 1.54) is 19.1 Å². The average molecular weight is 388 g/mol. The van der Waals surface area contributed by atoms with Crippen molar-refractivity contribution >= 4 is 29.2 Å². The van der Waals surface area contributed by atoms with Crippen LogP contribution in [0.3, 0.4) is 0 Å². The Kier molecular flexibility index (Phi) is 6.37. The lowest BCUT2D eigenvalue weighted by molar-refractivity contribution is -0.119. The molecule has 0 radical (unpaired) electrons. The van der Waals surface area contributed by atoms with Gasteiger partial charge in [0.2, 0.25) is 5.91 Å². The highest BCUT2D eigenvalue weighted by Crippen LogP contribution is 2.21. The Bertz CT molecular complexity index is 997. The van der Waals surface area contributed by atoms with Crippen molar-refractivity contribution in [3.63, 3.8) is 0 Å². The van der Waals surface area contributed by atoms with Crippen LogP contribution in [0.5, 0.6) is 0 Å². The van der Waals surface area contributed by atoms with Gasteiger partial charge in [-0.1, -0.05) is 42.5 Å². The average Bonchev–Trinajstić information content (AvgIpc) is 2.73. The minimum absolute atomic E-state index is 0.200. The molecule has 0 bridgehead atoms. The quantitative estimate of drug-likeness (QED) is 0.623. The highest BCUT2D eigenvalue weighted by atomic mass is 16.5. The van der Waals surface area contributed by atoms with Crippen LogP contribution in [-0.2, 0) is 14.3 Å². The molecule has 0 unspecified atom stereocenters. The number of carbonyl (C=O) groups is 3. The summed E-state index contributed by atoms with van der Waals surface area (Å²) in [6, 6.07) is 23.5. The van der Waals surface area contributed by atoms with Crippen molar-refractivity contribution in [2.45, 2.75) is 6.92 Å². The number of hydrogen-bond acceptors (Lipinski definition) is 4. The lowest BCUT2D eigenvalue weighted by Crippen LogP contribution is -2.20. The molecule has 0 fully saturated rings. The zero-order valence-corrected chi connectivity index (χ0v) is 15.8. The lowest BCUT2D eigenvalue weighted by Gasteiger charge is -2.08. The second-order valence-corrected chi connectivity index (χ2v) is 6.33. The molecule has 146 valence electrons. The predicted octanol–water partition coefficient (Wildman–Crippen LogP) is 4.11. The summed E-state index contributed by atoms with van der Waals surface area (Å²) in [5.74, 6) is -1.25. The van der Waals surface area contributed by atoms with E-state index in [0.717, 1.165) is 11.1 Å². The van der Waals surface area contributed by atoms with Gasteiger partial charge in [-0.2, -0.15) is 0 Å². The number of hydrogen-bond donors (Lipinski definition) is 2. The normalized spacial score (nSPS) is 10.1. The maximum Gasteiger partial charge on any atom is 0.338 e. The number of carbonyl (C=O) groups excluding carboxylic acids is 3. The Morgan fingerprint density at radius 2 is 1.28 bits per heavy atom. The molecule has 3 rings (SSSR count). The van der Waals surface area contributed by atoms with E-state index in [-0.39, 0.29) is 5.91 Å². The van der Waals surface area contributed by atoms with Crippen LogP contribution in [0.1, 0.15) is 17.3 Å². The van der Waals surface area contributed by atoms with Crippen LogP contribution < -0.4 is 10.6 Å². The molecule has 0 aliphatic carbocycles. The molecule has 29 heavy (non-hydrogen) atoms. The van der Waals surface area contributed by atoms with E-state index in [1.54, 1.807) is 24.3 Å². The van der Waals surface area contributed by atoms with Gasteiger partial charge in [-0.15, -0.1) is 0 Å². The number of esters is 1. The van der Waals surface area contributed by atoms with Gasteiger partial charge < -0.3 is 15.4 Å². The fourth-order valence-corrected chi connectivity index (χ4v) is 2.68. The highest BCUT2D eigenvalue weighted by molar-refractivity contribution is 5.96. The van der Waals surface area contributed by atoms with E-state index in [4.69, 9.17) is 4.74 Å². The fraction of sp³-hybridized carbons (Fsp3) is 0.0870. The molecule has 3 aromatic carbocycles. The van der Waals surface area contributed by atoms with Crippen molar-refractivity contribution < 1.29 is 19.1 Å². The van der Waals surface area contributed by atoms with Crippen LogP contribution in [0.2, 0.25) is 0 Å². The molecule has 0 heterocycles. The molecule has 0 aliphatic heterocycles. The first-order chi connectivity index (χ1) is 14.0. The summed E-state index contributed by atoms with van der Waals surface area (Å²) in [6.45, 7) is 1.00. The van der Waals surface area contributed by atoms with Gasteiger partial charge >= 0.3 is 5.97 Å². The lowest BCUT2D eigenvalue weighted by atomic mass is 10.1. The van der Waals surface area contributed by atoms with E-state index in [1.807, 2.05) is 42.5 Å². The molecule has 2 N–H and O–H groups in total. The van der Waals surface area contributed by atoms with E-state index in [9.17, 15) is 14.4 Å². The molecule has 0 aromatic heterocycles. The molecule has 0 saturated heterocycles. The molecule has 2 amide bonds. The van der Waals surface area contributed by atoms with Crippen molar-refractivity contribution in [2.24, 2.45) is 0 Å². The zero-order chi connectivity index (χ0) is 20.6. The van der Waals surface area contributed by atoms with Crippen molar-refractivity contribution in [1.82, 2.24) is 0 Å². The summed E-state index contributed by atoms with van der Waals surface area (Å²) in [6.07, 6.45) is 0. The van der Waals surface area contributed by atoms with Crippen LogP contribution in [0, 0.1) is 0 Å². The SMILES string of the molecule is CC(=O)Nc1ccc(C(=O)OCC(=O)Nc2ccc(-c3ccccc3)cc2)cc1. The Hall–Kier alpha value is -3.93. The number of nitrogens with one attached hydrogen (secondary N) is 2. The van der Waals surface area contributed by atoms with E-state index in [0.29, 0.717) is 16.9 Å². The van der Waals surface area contributed by atoms with E-state index in [2.05, 4.69) is 10.6 Å². The number of amides is 2.